The fourth-order valence-corrected chi connectivity index (χ4v) is 2.52. The first-order chi connectivity index (χ1) is 9.51. The number of nitrogens with one attached hydrogen (secondary N) is 1. The number of hydrogen-bond acceptors (Lipinski definition) is 6. The van der Waals surface area contributed by atoms with Crippen molar-refractivity contribution in [1.82, 2.24) is 4.98 Å². The maximum Gasteiger partial charge on any atom is 0.340 e. The van der Waals surface area contributed by atoms with Gasteiger partial charge in [0.1, 0.15) is 0 Å². The molecule has 1 heterocycles. The third-order valence-electron chi connectivity index (χ3n) is 2.81. The van der Waals surface area contributed by atoms with E-state index >= 15 is 0 Å². The van der Waals surface area contributed by atoms with E-state index in [-0.39, 0.29) is 0 Å². The number of aryl methyl sites for hydroxylation is 2. The van der Waals surface area contributed by atoms with Gasteiger partial charge in [0, 0.05) is 10.6 Å². The van der Waals surface area contributed by atoms with Crippen LogP contribution in [-0.2, 0) is 4.74 Å². The minimum atomic E-state index is -0.396. The Morgan fingerprint density at radius 2 is 2.20 bits per heavy atom. The highest BCUT2D eigenvalue weighted by molar-refractivity contribution is 7.15. The fourth-order valence-electron chi connectivity index (χ4n) is 1.69. The van der Waals surface area contributed by atoms with Crippen molar-refractivity contribution in [3.8, 4) is 0 Å². The average Bonchev–Trinajstić information content (AvgIpc) is 2.71. The molecule has 106 valence electrons. The first-order valence-electron chi connectivity index (χ1n) is 6.29. The van der Waals surface area contributed by atoms with Gasteiger partial charge < -0.3 is 15.8 Å². The van der Waals surface area contributed by atoms with Gasteiger partial charge in [-0.25, -0.2) is 9.78 Å². The molecule has 0 saturated heterocycles. The summed E-state index contributed by atoms with van der Waals surface area (Å²) >= 11 is 1.54. The number of nitrogens with two attached hydrogens (primary N) is 1. The monoisotopic (exact) mass is 291 g/mol. The van der Waals surface area contributed by atoms with Gasteiger partial charge >= 0.3 is 5.97 Å². The lowest BCUT2D eigenvalue weighted by molar-refractivity contribution is 0.0527. The highest BCUT2D eigenvalue weighted by atomic mass is 32.1. The predicted molar refractivity (Wildman–Crippen MR) is 81.7 cm³/mol. The summed E-state index contributed by atoms with van der Waals surface area (Å²) in [5, 5.41) is 3.90. The summed E-state index contributed by atoms with van der Waals surface area (Å²) in [7, 11) is 0. The number of rotatable bonds is 4. The number of hydrogen-bond donors (Lipinski definition) is 2. The number of carbonyl (C=O) groups is 1. The standard InChI is InChI=1S/C14H17N3O2S/c1-4-19-13(18)11-7-10(15)5-6-12(11)17-14-16-8(2)9(3)20-14/h5-7H,4,15H2,1-3H3,(H,16,17). The second-order valence-corrected chi connectivity index (χ2v) is 5.51. The maximum atomic E-state index is 11.9. The van der Waals surface area contributed by atoms with E-state index in [1.165, 1.54) is 0 Å². The molecule has 0 atom stereocenters. The molecule has 2 rings (SSSR count). The van der Waals surface area contributed by atoms with Crippen molar-refractivity contribution in [1.29, 1.82) is 0 Å². The number of thiazole rings is 1. The molecule has 0 saturated carbocycles. The van der Waals surface area contributed by atoms with E-state index in [2.05, 4.69) is 10.3 Å². The van der Waals surface area contributed by atoms with Crippen molar-refractivity contribution in [3.05, 3.63) is 34.3 Å². The van der Waals surface area contributed by atoms with Gasteiger partial charge in [0.2, 0.25) is 0 Å². The van der Waals surface area contributed by atoms with Crippen LogP contribution in [0.15, 0.2) is 18.2 Å². The number of carbonyl (C=O) groups excluding carboxylic acids is 1. The molecule has 0 radical (unpaired) electrons. The molecule has 1 aromatic heterocycles. The zero-order chi connectivity index (χ0) is 14.7. The van der Waals surface area contributed by atoms with Gasteiger partial charge in [-0.1, -0.05) is 0 Å². The molecule has 0 bridgehead atoms. The molecule has 0 aliphatic heterocycles. The highest BCUT2D eigenvalue weighted by Crippen LogP contribution is 2.28. The highest BCUT2D eigenvalue weighted by Gasteiger charge is 2.14. The Labute approximate surface area is 121 Å². The van der Waals surface area contributed by atoms with Gasteiger partial charge in [0.25, 0.3) is 0 Å². The van der Waals surface area contributed by atoms with Crippen molar-refractivity contribution >= 4 is 33.8 Å². The summed E-state index contributed by atoms with van der Waals surface area (Å²) in [5.41, 5.74) is 8.29. The quantitative estimate of drug-likeness (QED) is 0.668. The Morgan fingerprint density at radius 3 is 2.80 bits per heavy atom. The Kier molecular flexibility index (Phi) is 4.24. The normalized spacial score (nSPS) is 10.3. The lowest BCUT2D eigenvalue weighted by atomic mass is 10.1. The molecule has 0 amide bonds. The van der Waals surface area contributed by atoms with Gasteiger partial charge in [-0.3, -0.25) is 0 Å². The minimum absolute atomic E-state index is 0.322. The van der Waals surface area contributed by atoms with Gasteiger partial charge in [-0.2, -0.15) is 0 Å². The average molecular weight is 291 g/mol. The Hall–Kier alpha value is -2.08. The third kappa shape index (κ3) is 3.08. The van der Waals surface area contributed by atoms with Crippen molar-refractivity contribution in [2.75, 3.05) is 17.7 Å². The van der Waals surface area contributed by atoms with Crippen LogP contribution in [0.3, 0.4) is 0 Å². The van der Waals surface area contributed by atoms with Crippen molar-refractivity contribution < 1.29 is 9.53 Å². The number of ether oxygens (including phenoxy) is 1. The van der Waals surface area contributed by atoms with E-state index < -0.39 is 5.97 Å². The second kappa shape index (κ2) is 5.92. The lowest BCUT2D eigenvalue weighted by Crippen LogP contribution is -2.08. The lowest BCUT2D eigenvalue weighted by Gasteiger charge is -2.10. The minimum Gasteiger partial charge on any atom is -0.462 e. The summed E-state index contributed by atoms with van der Waals surface area (Å²) in [6.07, 6.45) is 0. The van der Waals surface area contributed by atoms with Crippen molar-refractivity contribution in [2.24, 2.45) is 0 Å². The number of anilines is 3. The summed E-state index contributed by atoms with van der Waals surface area (Å²) in [5.74, 6) is -0.396. The van der Waals surface area contributed by atoms with Crippen LogP contribution in [0.4, 0.5) is 16.5 Å². The van der Waals surface area contributed by atoms with Gasteiger partial charge in [0.15, 0.2) is 5.13 Å². The van der Waals surface area contributed by atoms with Crippen molar-refractivity contribution in [2.45, 2.75) is 20.8 Å². The molecule has 20 heavy (non-hydrogen) atoms. The van der Waals surface area contributed by atoms with Crippen molar-refractivity contribution in [3.63, 3.8) is 0 Å². The topological polar surface area (TPSA) is 77.2 Å². The Bertz CT molecular complexity index is 618. The zero-order valence-electron chi connectivity index (χ0n) is 11.7. The van der Waals surface area contributed by atoms with Crippen LogP contribution >= 0.6 is 11.3 Å². The Morgan fingerprint density at radius 1 is 1.45 bits per heavy atom. The number of nitrogen functional groups attached to an aromatic ring is 1. The van der Waals surface area contributed by atoms with Gasteiger partial charge in [0.05, 0.1) is 23.6 Å². The summed E-state index contributed by atoms with van der Waals surface area (Å²) in [4.78, 5) is 17.5. The molecule has 6 heteroatoms. The molecule has 0 unspecified atom stereocenters. The van der Waals surface area contributed by atoms with Gasteiger partial charge in [-0.15, -0.1) is 11.3 Å². The van der Waals surface area contributed by atoms with E-state index in [1.807, 2.05) is 13.8 Å². The smallest absolute Gasteiger partial charge is 0.340 e. The van der Waals surface area contributed by atoms with Crippen LogP contribution < -0.4 is 11.1 Å². The molecule has 0 spiro atoms. The van der Waals surface area contributed by atoms with E-state index in [0.717, 1.165) is 15.7 Å². The van der Waals surface area contributed by atoms with E-state index in [9.17, 15) is 4.79 Å². The van der Waals surface area contributed by atoms with Crippen LogP contribution in [0.25, 0.3) is 0 Å². The first-order valence-corrected chi connectivity index (χ1v) is 7.10. The molecule has 1 aromatic carbocycles. The summed E-state index contributed by atoms with van der Waals surface area (Å²) in [6.45, 7) is 6.05. The summed E-state index contributed by atoms with van der Waals surface area (Å²) in [6, 6.07) is 5.10. The van der Waals surface area contributed by atoms with E-state index in [0.29, 0.717) is 23.5 Å². The molecule has 0 aliphatic rings. The molecule has 3 N–H and O–H groups in total. The number of esters is 1. The molecular weight excluding hydrogens is 274 g/mol. The van der Waals surface area contributed by atoms with Crippen LogP contribution in [0.5, 0.6) is 0 Å². The molecule has 2 aromatic rings. The predicted octanol–water partition coefficient (Wildman–Crippen LogP) is 3.26. The van der Waals surface area contributed by atoms with Crippen LogP contribution in [0.2, 0.25) is 0 Å². The van der Waals surface area contributed by atoms with E-state index in [4.69, 9.17) is 10.5 Å². The molecule has 0 aliphatic carbocycles. The number of benzene rings is 1. The number of nitrogens with zero attached hydrogens (tertiary/aromatic N) is 1. The maximum absolute atomic E-state index is 11.9. The van der Waals surface area contributed by atoms with Crippen LogP contribution in [0.1, 0.15) is 27.9 Å². The SMILES string of the molecule is CCOC(=O)c1cc(N)ccc1Nc1nc(C)c(C)s1. The molecular formula is C14H17N3O2S. The molecule has 0 fully saturated rings. The van der Waals surface area contributed by atoms with E-state index in [1.54, 1.807) is 36.5 Å². The second-order valence-electron chi connectivity index (χ2n) is 4.31. The Balaban J connectivity index is 2.33. The fraction of sp³-hybridized carbons (Fsp3) is 0.286. The molecule has 5 nitrogen and oxygen atoms in total. The van der Waals surface area contributed by atoms with Gasteiger partial charge in [-0.05, 0) is 39.0 Å². The van der Waals surface area contributed by atoms with Crippen LogP contribution in [-0.4, -0.2) is 17.6 Å². The van der Waals surface area contributed by atoms with Crippen LogP contribution in [0, 0.1) is 13.8 Å². The zero-order valence-corrected chi connectivity index (χ0v) is 12.5. The summed E-state index contributed by atoms with van der Waals surface area (Å²) < 4.78 is 5.04. The first kappa shape index (κ1) is 14.3. The third-order valence-corrected chi connectivity index (χ3v) is 3.80. The largest absolute Gasteiger partial charge is 0.462 e. The number of aromatic nitrogens is 1.